The van der Waals surface area contributed by atoms with Crippen molar-refractivity contribution in [3.8, 4) is 27.7 Å². The van der Waals surface area contributed by atoms with Crippen LogP contribution in [0.25, 0.3) is 27.7 Å². The van der Waals surface area contributed by atoms with Gasteiger partial charge in [-0.2, -0.15) is 0 Å². The maximum atomic E-state index is 13.8. The maximum absolute atomic E-state index is 13.8. The number of hydrogen-bond acceptors (Lipinski definition) is 6. The molecule has 0 bridgehead atoms. The van der Waals surface area contributed by atoms with Crippen LogP contribution in [-0.4, -0.2) is 20.5 Å². The fourth-order valence-corrected chi connectivity index (χ4v) is 5.21. The molecule has 0 N–H and O–H groups in total. The summed E-state index contributed by atoms with van der Waals surface area (Å²) in [6.07, 6.45) is 0.997. The number of ketones is 1. The Kier molecular flexibility index (Phi) is 5.14. The van der Waals surface area contributed by atoms with Gasteiger partial charge in [0.25, 0.3) is 5.56 Å². The molecule has 8 heteroatoms. The summed E-state index contributed by atoms with van der Waals surface area (Å²) in [6, 6.07) is 9.08. The number of carbonyl (C=O) groups excluding carboxylic acids is 1. The number of halogens is 1. The maximum Gasteiger partial charge on any atom is 0.268 e. The predicted octanol–water partition coefficient (Wildman–Crippen LogP) is 6.04. The third kappa shape index (κ3) is 3.75. The van der Waals surface area contributed by atoms with Gasteiger partial charge in [0.2, 0.25) is 5.88 Å². The number of thiazole rings is 1. The normalized spacial score (nSPS) is 15.0. The van der Waals surface area contributed by atoms with Crippen LogP contribution in [0.3, 0.4) is 0 Å². The first-order chi connectivity index (χ1) is 15.6. The number of aryl methyl sites for hydroxylation is 1. The Balaban J connectivity index is 1.74. The van der Waals surface area contributed by atoms with E-state index >= 15 is 0 Å². The molecule has 1 aromatic carbocycles. The van der Waals surface area contributed by atoms with Crippen LogP contribution in [0.4, 0.5) is 0 Å². The van der Waals surface area contributed by atoms with Gasteiger partial charge in [-0.05, 0) is 43.9 Å². The molecule has 33 heavy (non-hydrogen) atoms. The molecule has 1 aliphatic carbocycles. The second kappa shape index (κ2) is 7.78. The molecule has 5 rings (SSSR count). The molecule has 0 atom stereocenters. The monoisotopic (exact) mass is 479 g/mol. The number of carbonyl (C=O) groups is 1. The minimum absolute atomic E-state index is 0.0135. The summed E-state index contributed by atoms with van der Waals surface area (Å²) in [5.41, 5.74) is 4.18. The van der Waals surface area contributed by atoms with E-state index in [0.29, 0.717) is 51.3 Å². The molecule has 0 spiro atoms. The molecule has 0 radical (unpaired) electrons. The van der Waals surface area contributed by atoms with E-state index in [4.69, 9.17) is 21.1 Å². The summed E-state index contributed by atoms with van der Waals surface area (Å²) in [4.78, 5) is 31.7. The Labute approximate surface area is 199 Å². The van der Waals surface area contributed by atoms with Crippen molar-refractivity contribution < 1.29 is 9.32 Å². The molecule has 0 fully saturated rings. The highest BCUT2D eigenvalue weighted by Gasteiger charge is 2.35. The number of nitrogens with zero attached hydrogens (tertiary/aromatic N) is 3. The van der Waals surface area contributed by atoms with Gasteiger partial charge >= 0.3 is 0 Å². The van der Waals surface area contributed by atoms with E-state index in [0.717, 1.165) is 16.8 Å². The van der Waals surface area contributed by atoms with Crippen LogP contribution in [0.2, 0.25) is 5.02 Å². The Hall–Kier alpha value is -3.03. The predicted molar refractivity (Wildman–Crippen MR) is 130 cm³/mol. The number of aromatic nitrogens is 3. The quantitative estimate of drug-likeness (QED) is 0.358. The van der Waals surface area contributed by atoms with Gasteiger partial charge in [0, 0.05) is 39.2 Å². The Morgan fingerprint density at radius 2 is 1.82 bits per heavy atom. The molecule has 0 saturated carbocycles. The number of hydrogen-bond donors (Lipinski definition) is 0. The van der Waals surface area contributed by atoms with Crippen LogP contribution in [0.15, 0.2) is 45.0 Å². The van der Waals surface area contributed by atoms with Crippen molar-refractivity contribution >= 4 is 28.7 Å². The van der Waals surface area contributed by atoms with Crippen molar-refractivity contribution in [3.63, 3.8) is 0 Å². The lowest BCUT2D eigenvalue weighted by molar-refractivity contribution is 0.0908. The average molecular weight is 480 g/mol. The summed E-state index contributed by atoms with van der Waals surface area (Å²) in [5.74, 6) is 0.371. The smallest absolute Gasteiger partial charge is 0.268 e. The van der Waals surface area contributed by atoms with Crippen LogP contribution in [0.1, 0.15) is 47.6 Å². The van der Waals surface area contributed by atoms with Crippen LogP contribution in [0, 0.1) is 19.3 Å². The van der Waals surface area contributed by atoms with E-state index in [1.54, 1.807) is 18.2 Å². The number of benzene rings is 1. The van der Waals surface area contributed by atoms with Gasteiger partial charge < -0.3 is 4.52 Å². The molecular formula is C25H22ClN3O3S. The van der Waals surface area contributed by atoms with Crippen molar-refractivity contribution in [1.82, 2.24) is 14.7 Å². The van der Waals surface area contributed by atoms with Gasteiger partial charge in [0.05, 0.1) is 17.0 Å². The highest BCUT2D eigenvalue weighted by atomic mass is 35.5. The second-order valence-electron chi connectivity index (χ2n) is 9.24. The zero-order valence-electron chi connectivity index (χ0n) is 18.7. The molecule has 1 aliphatic rings. The topological polar surface area (TPSA) is 78.0 Å². The zero-order valence-corrected chi connectivity index (χ0v) is 20.3. The first-order valence-corrected chi connectivity index (χ1v) is 11.9. The summed E-state index contributed by atoms with van der Waals surface area (Å²) in [7, 11) is 0. The second-order valence-corrected chi connectivity index (χ2v) is 10.5. The van der Waals surface area contributed by atoms with E-state index in [2.05, 4.69) is 5.16 Å². The van der Waals surface area contributed by atoms with Crippen LogP contribution < -0.4 is 5.56 Å². The SMILES string of the molecule is Cc1noc(-n2c3c(cc(-c4nc(-c5ccc(Cl)cc5)cs4)c2=O)C(=O)CC(C)(C)C3)c1C. The van der Waals surface area contributed by atoms with Gasteiger partial charge in [-0.1, -0.05) is 42.7 Å². The molecule has 3 heterocycles. The van der Waals surface area contributed by atoms with Gasteiger partial charge in [-0.15, -0.1) is 11.3 Å². The lowest BCUT2D eigenvalue weighted by atomic mass is 9.75. The molecule has 168 valence electrons. The summed E-state index contributed by atoms with van der Waals surface area (Å²) < 4.78 is 7.11. The Morgan fingerprint density at radius 3 is 2.48 bits per heavy atom. The summed E-state index contributed by atoms with van der Waals surface area (Å²) in [5, 5.41) is 7.14. The lowest BCUT2D eigenvalue weighted by Gasteiger charge is -2.31. The number of pyridine rings is 1. The molecule has 6 nitrogen and oxygen atoms in total. The van der Waals surface area contributed by atoms with Crippen molar-refractivity contribution in [2.45, 2.75) is 40.5 Å². The highest BCUT2D eigenvalue weighted by Crippen LogP contribution is 2.37. The van der Waals surface area contributed by atoms with Crippen molar-refractivity contribution in [1.29, 1.82) is 0 Å². The lowest BCUT2D eigenvalue weighted by Crippen LogP contribution is -2.35. The number of fused-ring (bicyclic) bond motifs is 1. The number of rotatable bonds is 3. The molecule has 0 aliphatic heterocycles. The first kappa shape index (κ1) is 21.8. The molecule has 3 aromatic heterocycles. The van der Waals surface area contributed by atoms with Crippen LogP contribution >= 0.6 is 22.9 Å². The van der Waals surface area contributed by atoms with Crippen LogP contribution in [-0.2, 0) is 6.42 Å². The minimum Gasteiger partial charge on any atom is -0.337 e. The third-order valence-electron chi connectivity index (χ3n) is 6.10. The van der Waals surface area contributed by atoms with E-state index in [-0.39, 0.29) is 16.8 Å². The Morgan fingerprint density at radius 1 is 1.09 bits per heavy atom. The van der Waals surface area contributed by atoms with E-state index < -0.39 is 0 Å². The van der Waals surface area contributed by atoms with E-state index in [1.165, 1.54) is 15.9 Å². The zero-order chi connectivity index (χ0) is 23.5. The Bertz CT molecular complexity index is 1460. The molecule has 0 unspecified atom stereocenters. The fourth-order valence-electron chi connectivity index (χ4n) is 4.24. The minimum atomic E-state index is -0.268. The fraction of sp³-hybridized carbons (Fsp3) is 0.280. The van der Waals surface area contributed by atoms with Gasteiger partial charge in [-0.25, -0.2) is 9.55 Å². The summed E-state index contributed by atoms with van der Waals surface area (Å²) >= 11 is 7.37. The van der Waals surface area contributed by atoms with Crippen molar-refractivity contribution in [2.24, 2.45) is 5.41 Å². The van der Waals surface area contributed by atoms with Gasteiger partial charge in [0.15, 0.2) is 5.78 Å². The van der Waals surface area contributed by atoms with Crippen LogP contribution in [0.5, 0.6) is 0 Å². The van der Waals surface area contributed by atoms with Crippen molar-refractivity contribution in [3.05, 3.63) is 73.6 Å². The van der Waals surface area contributed by atoms with E-state index in [1.807, 2.05) is 45.2 Å². The molecule has 0 amide bonds. The first-order valence-electron chi connectivity index (χ1n) is 10.6. The largest absolute Gasteiger partial charge is 0.337 e. The highest BCUT2D eigenvalue weighted by molar-refractivity contribution is 7.13. The van der Waals surface area contributed by atoms with E-state index in [9.17, 15) is 9.59 Å². The number of Topliss-reactive ketones (excluding diaryl/α,β-unsaturated/α-hetero) is 1. The van der Waals surface area contributed by atoms with Crippen molar-refractivity contribution in [2.75, 3.05) is 0 Å². The molecule has 0 saturated heterocycles. The molecular weight excluding hydrogens is 458 g/mol. The third-order valence-corrected chi connectivity index (χ3v) is 7.23. The average Bonchev–Trinajstić information content (AvgIpc) is 3.36. The summed E-state index contributed by atoms with van der Waals surface area (Å²) in [6.45, 7) is 7.77. The van der Waals surface area contributed by atoms with Gasteiger partial charge in [-0.3, -0.25) is 9.59 Å². The van der Waals surface area contributed by atoms with Gasteiger partial charge in [0.1, 0.15) is 5.01 Å². The molecule has 4 aromatic rings. The standard InChI is InChI=1S/C25H22ClN3O3S/c1-13-14(2)28-32-24(13)29-20-10-25(3,4)11-21(30)17(20)9-18(23(29)31)22-27-19(12-33-22)15-5-7-16(26)8-6-15/h5-9,12H,10-11H2,1-4H3.